The summed E-state index contributed by atoms with van der Waals surface area (Å²) in [4.78, 5) is 4.01. The van der Waals surface area contributed by atoms with Crippen molar-refractivity contribution in [2.75, 3.05) is 0 Å². The first-order valence-electron chi connectivity index (χ1n) is 4.55. The fourth-order valence-electron chi connectivity index (χ4n) is 1.14. The molecule has 1 aromatic heterocycles. The second kappa shape index (κ2) is 4.94. The summed E-state index contributed by atoms with van der Waals surface area (Å²) in [5.74, 6) is 0. The Bertz CT molecular complexity index is 311. The lowest BCUT2D eigenvalue weighted by Gasteiger charge is -2.08. The molecule has 1 atom stereocenters. The van der Waals surface area contributed by atoms with E-state index in [0.717, 1.165) is 5.69 Å². The summed E-state index contributed by atoms with van der Waals surface area (Å²) in [5, 5.41) is 11.8. The van der Waals surface area contributed by atoms with Gasteiger partial charge in [-0.2, -0.15) is 13.2 Å². The minimum absolute atomic E-state index is 0.0662. The number of hydrogen-bond donors (Lipinski definition) is 1. The molecular formula is C9H12F3NOS. The van der Waals surface area contributed by atoms with Crippen LogP contribution in [0.3, 0.4) is 0 Å². The normalized spacial score (nSPS) is 14.2. The van der Waals surface area contributed by atoms with Crippen LogP contribution in [0.1, 0.15) is 36.1 Å². The molecule has 0 aromatic carbocycles. The third-order valence-corrected chi connectivity index (χ3v) is 2.92. The summed E-state index contributed by atoms with van der Waals surface area (Å²) >= 11 is 1.27. The lowest BCUT2D eigenvalue weighted by molar-refractivity contribution is -0.136. The third kappa shape index (κ3) is 4.61. The number of aryl methyl sites for hydroxylation is 1. The van der Waals surface area contributed by atoms with Gasteiger partial charge in [0.1, 0.15) is 11.1 Å². The van der Waals surface area contributed by atoms with Crippen LogP contribution >= 0.6 is 11.3 Å². The van der Waals surface area contributed by atoms with Crippen molar-refractivity contribution in [3.63, 3.8) is 0 Å². The molecule has 0 fully saturated rings. The molecule has 6 heteroatoms. The maximum atomic E-state index is 11.8. The number of thiazole rings is 1. The van der Waals surface area contributed by atoms with Gasteiger partial charge in [-0.05, 0) is 19.8 Å². The molecule has 0 aliphatic heterocycles. The van der Waals surface area contributed by atoms with Crippen molar-refractivity contribution in [2.45, 2.75) is 38.5 Å². The molecule has 0 spiro atoms. The molecule has 0 amide bonds. The number of aliphatic hydroxyl groups is 1. The van der Waals surface area contributed by atoms with Crippen molar-refractivity contribution in [3.05, 3.63) is 16.1 Å². The number of nitrogens with zero attached hydrogens (tertiary/aromatic N) is 1. The van der Waals surface area contributed by atoms with Crippen molar-refractivity contribution in [2.24, 2.45) is 0 Å². The SMILES string of the molecule is Cc1csc(C(O)CCCC(F)(F)F)n1. The van der Waals surface area contributed by atoms with Crippen LogP contribution in [0.5, 0.6) is 0 Å². The summed E-state index contributed by atoms with van der Waals surface area (Å²) < 4.78 is 35.5. The first kappa shape index (κ1) is 12.4. The Morgan fingerprint density at radius 2 is 2.20 bits per heavy atom. The van der Waals surface area contributed by atoms with E-state index in [1.807, 2.05) is 0 Å². The maximum Gasteiger partial charge on any atom is 0.389 e. The van der Waals surface area contributed by atoms with Crippen molar-refractivity contribution < 1.29 is 18.3 Å². The molecule has 0 aliphatic carbocycles. The van der Waals surface area contributed by atoms with Crippen LogP contribution in [-0.4, -0.2) is 16.3 Å². The van der Waals surface area contributed by atoms with E-state index in [0.29, 0.717) is 5.01 Å². The largest absolute Gasteiger partial charge is 0.389 e. The highest BCUT2D eigenvalue weighted by atomic mass is 32.1. The van der Waals surface area contributed by atoms with Gasteiger partial charge in [-0.3, -0.25) is 0 Å². The smallest absolute Gasteiger partial charge is 0.386 e. The van der Waals surface area contributed by atoms with Gasteiger partial charge in [0.05, 0.1) is 0 Å². The summed E-state index contributed by atoms with van der Waals surface area (Å²) in [5.41, 5.74) is 0.782. The zero-order valence-corrected chi connectivity index (χ0v) is 9.03. The second-order valence-corrected chi connectivity index (χ2v) is 4.24. The molecule has 2 nitrogen and oxygen atoms in total. The fraction of sp³-hybridized carbons (Fsp3) is 0.667. The predicted octanol–water partition coefficient (Wildman–Crippen LogP) is 3.22. The van der Waals surface area contributed by atoms with Crippen molar-refractivity contribution in [1.82, 2.24) is 4.98 Å². The Morgan fingerprint density at radius 3 is 2.67 bits per heavy atom. The van der Waals surface area contributed by atoms with Crippen LogP contribution in [0.4, 0.5) is 13.2 Å². The number of aliphatic hydroxyl groups excluding tert-OH is 1. The molecular weight excluding hydrogens is 227 g/mol. The molecule has 1 aromatic rings. The van der Waals surface area contributed by atoms with Crippen LogP contribution in [0.25, 0.3) is 0 Å². The minimum Gasteiger partial charge on any atom is -0.386 e. The maximum absolute atomic E-state index is 11.8. The summed E-state index contributed by atoms with van der Waals surface area (Å²) in [6.07, 6.45) is -5.83. The summed E-state index contributed by atoms with van der Waals surface area (Å²) in [7, 11) is 0. The Labute approximate surface area is 89.8 Å². The molecule has 1 heterocycles. The topological polar surface area (TPSA) is 33.1 Å². The van der Waals surface area contributed by atoms with Crippen molar-refractivity contribution >= 4 is 11.3 Å². The van der Waals surface area contributed by atoms with Gasteiger partial charge in [-0.1, -0.05) is 0 Å². The Morgan fingerprint density at radius 1 is 1.53 bits per heavy atom. The van der Waals surface area contributed by atoms with Gasteiger partial charge in [0.15, 0.2) is 0 Å². The fourth-order valence-corrected chi connectivity index (χ4v) is 1.96. The molecule has 1 N–H and O–H groups in total. The molecule has 0 saturated carbocycles. The number of hydrogen-bond acceptors (Lipinski definition) is 3. The molecule has 1 rings (SSSR count). The van der Waals surface area contributed by atoms with Gasteiger partial charge < -0.3 is 5.11 Å². The van der Waals surface area contributed by atoms with E-state index in [1.54, 1.807) is 12.3 Å². The van der Waals surface area contributed by atoms with Gasteiger partial charge in [0.2, 0.25) is 0 Å². The van der Waals surface area contributed by atoms with Gasteiger partial charge >= 0.3 is 6.18 Å². The molecule has 0 saturated heterocycles. The van der Waals surface area contributed by atoms with E-state index in [2.05, 4.69) is 4.98 Å². The zero-order valence-electron chi connectivity index (χ0n) is 8.21. The highest BCUT2D eigenvalue weighted by Crippen LogP contribution is 2.27. The van der Waals surface area contributed by atoms with Crippen molar-refractivity contribution in [3.8, 4) is 0 Å². The predicted molar refractivity (Wildman–Crippen MR) is 51.7 cm³/mol. The monoisotopic (exact) mass is 239 g/mol. The lowest BCUT2D eigenvalue weighted by Crippen LogP contribution is -2.08. The first-order chi connectivity index (χ1) is 6.88. The van der Waals surface area contributed by atoms with Gasteiger partial charge in [-0.15, -0.1) is 11.3 Å². The third-order valence-electron chi connectivity index (χ3n) is 1.86. The van der Waals surface area contributed by atoms with Crippen LogP contribution < -0.4 is 0 Å². The molecule has 86 valence electrons. The highest BCUT2D eigenvalue weighted by molar-refractivity contribution is 7.09. The number of rotatable bonds is 4. The molecule has 0 bridgehead atoms. The van der Waals surface area contributed by atoms with Crippen LogP contribution in [0.15, 0.2) is 5.38 Å². The Balaban J connectivity index is 2.34. The van der Waals surface area contributed by atoms with E-state index in [-0.39, 0.29) is 12.8 Å². The van der Waals surface area contributed by atoms with Crippen LogP contribution in [0.2, 0.25) is 0 Å². The lowest BCUT2D eigenvalue weighted by atomic mass is 10.1. The van der Waals surface area contributed by atoms with E-state index in [4.69, 9.17) is 0 Å². The van der Waals surface area contributed by atoms with Crippen molar-refractivity contribution in [1.29, 1.82) is 0 Å². The van der Waals surface area contributed by atoms with Crippen LogP contribution in [-0.2, 0) is 0 Å². The Kier molecular flexibility index (Phi) is 4.10. The van der Waals surface area contributed by atoms with Crippen LogP contribution in [0, 0.1) is 6.92 Å². The molecule has 1 unspecified atom stereocenters. The average molecular weight is 239 g/mol. The Hall–Kier alpha value is -0.620. The van der Waals surface area contributed by atoms with E-state index < -0.39 is 18.7 Å². The molecule has 15 heavy (non-hydrogen) atoms. The van der Waals surface area contributed by atoms with E-state index in [1.165, 1.54) is 11.3 Å². The summed E-state index contributed by atoms with van der Waals surface area (Å²) in [6.45, 7) is 1.78. The number of alkyl halides is 3. The van der Waals surface area contributed by atoms with E-state index >= 15 is 0 Å². The zero-order chi connectivity index (χ0) is 11.5. The standard InChI is InChI=1S/C9H12F3NOS/c1-6-5-15-8(13-6)7(14)3-2-4-9(10,11)12/h5,7,14H,2-4H2,1H3. The number of aromatic nitrogens is 1. The highest BCUT2D eigenvalue weighted by Gasteiger charge is 2.26. The quantitative estimate of drug-likeness (QED) is 0.875. The minimum atomic E-state index is -4.14. The van der Waals surface area contributed by atoms with E-state index in [9.17, 15) is 18.3 Å². The number of halogens is 3. The summed E-state index contributed by atoms with van der Waals surface area (Å²) in [6, 6.07) is 0. The second-order valence-electron chi connectivity index (χ2n) is 3.35. The van der Waals surface area contributed by atoms with Gasteiger partial charge in [0, 0.05) is 17.5 Å². The van der Waals surface area contributed by atoms with Gasteiger partial charge in [-0.25, -0.2) is 4.98 Å². The first-order valence-corrected chi connectivity index (χ1v) is 5.43. The van der Waals surface area contributed by atoms with Gasteiger partial charge in [0.25, 0.3) is 0 Å². The average Bonchev–Trinajstić information content (AvgIpc) is 2.49. The molecule has 0 radical (unpaired) electrons. The molecule has 0 aliphatic rings.